The van der Waals surface area contributed by atoms with Crippen molar-refractivity contribution in [2.24, 2.45) is 0 Å². The van der Waals surface area contributed by atoms with Crippen molar-refractivity contribution in [3.63, 3.8) is 0 Å². The summed E-state index contributed by atoms with van der Waals surface area (Å²) in [5.41, 5.74) is 7.08. The quantitative estimate of drug-likeness (QED) is 0.814. The lowest BCUT2D eigenvalue weighted by atomic mass is 10.3. The Morgan fingerprint density at radius 3 is 2.79 bits per heavy atom. The van der Waals surface area contributed by atoms with Crippen LogP contribution in [0, 0.1) is 6.92 Å². The van der Waals surface area contributed by atoms with Crippen molar-refractivity contribution in [1.29, 1.82) is 0 Å². The van der Waals surface area contributed by atoms with Crippen LogP contribution in [0.25, 0.3) is 0 Å². The zero-order chi connectivity index (χ0) is 10.6. The van der Waals surface area contributed by atoms with Crippen molar-refractivity contribution in [3.05, 3.63) is 11.5 Å². The van der Waals surface area contributed by atoms with Gasteiger partial charge in [-0.25, -0.2) is 4.98 Å². The van der Waals surface area contributed by atoms with Crippen LogP contribution in [0.1, 0.15) is 24.9 Å². The highest BCUT2D eigenvalue weighted by Gasteiger charge is 2.10. The lowest BCUT2D eigenvalue weighted by Gasteiger charge is -2.04. The van der Waals surface area contributed by atoms with Crippen molar-refractivity contribution in [2.45, 2.75) is 33.2 Å². The van der Waals surface area contributed by atoms with Crippen LogP contribution in [-0.4, -0.2) is 21.6 Å². The van der Waals surface area contributed by atoms with Gasteiger partial charge in [0.25, 0.3) is 0 Å². The number of aryl methyl sites for hydroxylation is 2. The van der Waals surface area contributed by atoms with E-state index in [1.54, 1.807) is 0 Å². The minimum Gasteiger partial charge on any atom is -0.384 e. The van der Waals surface area contributed by atoms with Gasteiger partial charge in [-0.15, -0.1) is 0 Å². The molecule has 2 N–H and O–H groups in total. The van der Waals surface area contributed by atoms with E-state index in [9.17, 15) is 0 Å². The molecule has 0 fully saturated rings. The van der Waals surface area contributed by atoms with Gasteiger partial charge in [-0.05, 0) is 25.4 Å². The lowest BCUT2D eigenvalue weighted by Crippen LogP contribution is -2.05. The molecule has 3 nitrogen and oxygen atoms in total. The van der Waals surface area contributed by atoms with E-state index in [1.165, 1.54) is 0 Å². The van der Waals surface area contributed by atoms with Crippen LogP contribution in [-0.2, 0) is 13.0 Å². The summed E-state index contributed by atoms with van der Waals surface area (Å²) in [5.74, 6) is 2.99. The summed E-state index contributed by atoms with van der Waals surface area (Å²) < 4.78 is 2.11. The first-order chi connectivity index (χ1) is 6.70. The van der Waals surface area contributed by atoms with Gasteiger partial charge >= 0.3 is 0 Å². The van der Waals surface area contributed by atoms with E-state index >= 15 is 0 Å². The largest absolute Gasteiger partial charge is 0.384 e. The van der Waals surface area contributed by atoms with E-state index in [0.717, 1.165) is 42.5 Å². The fourth-order valence-electron chi connectivity index (χ4n) is 1.53. The number of anilines is 1. The molecule has 0 atom stereocenters. The zero-order valence-electron chi connectivity index (χ0n) is 9.21. The molecule has 0 aliphatic carbocycles. The SMILES string of the molecule is CCCn1c(C)nc(CCSC)c1N. The van der Waals surface area contributed by atoms with Crippen LogP contribution in [0.15, 0.2) is 0 Å². The first kappa shape index (κ1) is 11.4. The Bertz CT molecular complexity index is 294. The number of aromatic nitrogens is 2. The number of hydrogen-bond donors (Lipinski definition) is 1. The van der Waals surface area contributed by atoms with Gasteiger partial charge in [0, 0.05) is 13.0 Å². The molecule has 0 saturated carbocycles. The Balaban J connectivity index is 2.81. The average Bonchev–Trinajstić information content (AvgIpc) is 2.43. The fourth-order valence-corrected chi connectivity index (χ4v) is 1.93. The third kappa shape index (κ3) is 2.44. The van der Waals surface area contributed by atoms with Gasteiger partial charge in [-0.1, -0.05) is 6.92 Å². The van der Waals surface area contributed by atoms with E-state index in [-0.39, 0.29) is 0 Å². The number of thioether (sulfide) groups is 1. The molecule has 1 aromatic rings. The van der Waals surface area contributed by atoms with Crippen molar-refractivity contribution in [1.82, 2.24) is 9.55 Å². The Morgan fingerprint density at radius 1 is 1.50 bits per heavy atom. The number of hydrogen-bond acceptors (Lipinski definition) is 3. The van der Waals surface area contributed by atoms with Gasteiger partial charge in [0.2, 0.25) is 0 Å². The monoisotopic (exact) mass is 213 g/mol. The molecule has 4 heteroatoms. The number of nitrogens with zero attached hydrogens (tertiary/aromatic N) is 2. The van der Waals surface area contributed by atoms with E-state index in [2.05, 4.69) is 22.7 Å². The Labute approximate surface area is 90.1 Å². The minimum atomic E-state index is 0.860. The maximum absolute atomic E-state index is 6.02. The first-order valence-electron chi connectivity index (χ1n) is 5.01. The highest BCUT2D eigenvalue weighted by Crippen LogP contribution is 2.16. The maximum atomic E-state index is 6.02. The van der Waals surface area contributed by atoms with Crippen LogP contribution in [0.3, 0.4) is 0 Å². The third-order valence-electron chi connectivity index (χ3n) is 2.26. The normalized spacial score (nSPS) is 10.8. The summed E-state index contributed by atoms with van der Waals surface area (Å²) >= 11 is 1.83. The summed E-state index contributed by atoms with van der Waals surface area (Å²) in [6, 6.07) is 0. The van der Waals surface area contributed by atoms with Crippen LogP contribution in [0.4, 0.5) is 5.82 Å². The summed E-state index contributed by atoms with van der Waals surface area (Å²) in [4.78, 5) is 4.49. The molecule has 0 aromatic carbocycles. The Hall–Kier alpha value is -0.640. The maximum Gasteiger partial charge on any atom is 0.126 e. The standard InChI is InChI=1S/C10H19N3S/c1-4-6-13-8(2)12-9(10(13)11)5-7-14-3/h4-7,11H2,1-3H3. The molecule has 0 amide bonds. The van der Waals surface area contributed by atoms with E-state index in [1.807, 2.05) is 18.7 Å². The van der Waals surface area contributed by atoms with Gasteiger partial charge in [-0.3, -0.25) is 0 Å². The second kappa shape index (κ2) is 5.29. The van der Waals surface area contributed by atoms with Crippen molar-refractivity contribution < 1.29 is 0 Å². The summed E-state index contributed by atoms with van der Waals surface area (Å²) in [5, 5.41) is 0. The third-order valence-corrected chi connectivity index (χ3v) is 2.88. The predicted molar refractivity (Wildman–Crippen MR) is 63.8 cm³/mol. The summed E-state index contributed by atoms with van der Waals surface area (Å²) in [6.45, 7) is 5.15. The number of nitrogens with two attached hydrogens (primary N) is 1. The molecule has 0 aliphatic heterocycles. The van der Waals surface area contributed by atoms with E-state index < -0.39 is 0 Å². The molecule has 1 rings (SSSR count). The molecule has 14 heavy (non-hydrogen) atoms. The topological polar surface area (TPSA) is 43.8 Å². The molecular weight excluding hydrogens is 194 g/mol. The van der Waals surface area contributed by atoms with Gasteiger partial charge in [0.15, 0.2) is 0 Å². The van der Waals surface area contributed by atoms with Crippen molar-refractivity contribution >= 4 is 17.6 Å². The smallest absolute Gasteiger partial charge is 0.126 e. The number of nitrogen functional groups attached to an aromatic ring is 1. The second-order valence-corrected chi connectivity index (χ2v) is 4.37. The van der Waals surface area contributed by atoms with Crippen LogP contribution in [0.2, 0.25) is 0 Å². The van der Waals surface area contributed by atoms with E-state index in [0.29, 0.717) is 0 Å². The number of imidazole rings is 1. The molecule has 0 aliphatic rings. The van der Waals surface area contributed by atoms with Gasteiger partial charge in [0.1, 0.15) is 11.6 Å². The van der Waals surface area contributed by atoms with Gasteiger partial charge in [0.05, 0.1) is 5.69 Å². The zero-order valence-corrected chi connectivity index (χ0v) is 10.0. The summed E-state index contributed by atoms with van der Waals surface area (Å²) in [6.07, 6.45) is 4.18. The first-order valence-corrected chi connectivity index (χ1v) is 6.40. The van der Waals surface area contributed by atoms with Crippen LogP contribution in [0.5, 0.6) is 0 Å². The molecule has 0 bridgehead atoms. The van der Waals surface area contributed by atoms with Crippen LogP contribution < -0.4 is 5.73 Å². The second-order valence-electron chi connectivity index (χ2n) is 3.39. The molecule has 0 saturated heterocycles. The summed E-state index contributed by atoms with van der Waals surface area (Å²) in [7, 11) is 0. The van der Waals surface area contributed by atoms with Crippen molar-refractivity contribution in [3.8, 4) is 0 Å². The van der Waals surface area contributed by atoms with Gasteiger partial charge in [-0.2, -0.15) is 11.8 Å². The van der Waals surface area contributed by atoms with Gasteiger partial charge < -0.3 is 10.3 Å². The highest BCUT2D eigenvalue weighted by atomic mass is 32.2. The average molecular weight is 213 g/mol. The molecule has 1 aromatic heterocycles. The number of rotatable bonds is 5. The molecule has 80 valence electrons. The lowest BCUT2D eigenvalue weighted by molar-refractivity contribution is 0.665. The Morgan fingerprint density at radius 2 is 2.21 bits per heavy atom. The molecule has 0 unspecified atom stereocenters. The van der Waals surface area contributed by atoms with Crippen LogP contribution >= 0.6 is 11.8 Å². The van der Waals surface area contributed by atoms with E-state index in [4.69, 9.17) is 5.73 Å². The predicted octanol–water partition coefficient (Wildman–Crippen LogP) is 2.09. The Kier molecular flexibility index (Phi) is 4.32. The minimum absolute atomic E-state index is 0.860. The highest BCUT2D eigenvalue weighted by molar-refractivity contribution is 7.98. The fraction of sp³-hybridized carbons (Fsp3) is 0.700. The molecule has 1 heterocycles. The molecular formula is C10H19N3S. The molecule has 0 spiro atoms. The molecule has 0 radical (unpaired) electrons. The van der Waals surface area contributed by atoms with Crippen molar-refractivity contribution in [2.75, 3.05) is 17.7 Å².